The van der Waals surface area contributed by atoms with Crippen molar-refractivity contribution in [3.63, 3.8) is 0 Å². The van der Waals surface area contributed by atoms with Gasteiger partial charge in [-0.05, 0) is 69.4 Å². The Hall–Kier alpha value is -6.97. The quantitative estimate of drug-likeness (QED) is 0.172. The lowest BCUT2D eigenvalue weighted by molar-refractivity contribution is 1.36. The third-order valence-electron chi connectivity index (χ3n) is 10.0. The summed E-state index contributed by atoms with van der Waals surface area (Å²) in [5.41, 5.74) is 13.5. The summed E-state index contributed by atoms with van der Waals surface area (Å²) in [4.78, 5) is 15.5. The second-order valence-electron chi connectivity index (χ2n) is 13.2. The summed E-state index contributed by atoms with van der Waals surface area (Å²) in [7, 11) is 0. The van der Waals surface area contributed by atoms with Crippen molar-refractivity contribution in [3.8, 4) is 56.0 Å². The molecule has 3 heterocycles. The standard InChI is InChI=1S/C49H31N3/c1-4-11-32(12-5-1)42-31-46(35-15-8-3-9-16-35)50-45-28-23-33-19-22-39(30-41(33)47(42)45)38-17-10-18-40(29-38)44-27-25-37-21-20-36-24-26-43(34-13-6-2-7-14-34)51-48(36)49(37)52-44/h1-31H. The number of aromatic nitrogens is 3. The predicted molar refractivity (Wildman–Crippen MR) is 217 cm³/mol. The van der Waals surface area contributed by atoms with E-state index in [1.54, 1.807) is 0 Å². The van der Waals surface area contributed by atoms with Crippen LogP contribution in [0.4, 0.5) is 0 Å². The van der Waals surface area contributed by atoms with Crippen LogP contribution < -0.4 is 0 Å². The van der Waals surface area contributed by atoms with Crippen LogP contribution in [0.1, 0.15) is 0 Å². The van der Waals surface area contributed by atoms with Crippen molar-refractivity contribution in [2.24, 2.45) is 0 Å². The Bertz CT molecular complexity index is 2940. The van der Waals surface area contributed by atoms with Crippen molar-refractivity contribution in [3.05, 3.63) is 188 Å². The molecule has 0 saturated heterocycles. The van der Waals surface area contributed by atoms with Crippen LogP contribution in [0.5, 0.6) is 0 Å². The van der Waals surface area contributed by atoms with E-state index in [1.807, 2.05) is 24.3 Å². The fraction of sp³-hybridized carbons (Fsp3) is 0. The molecule has 0 spiro atoms. The summed E-state index contributed by atoms with van der Waals surface area (Å²) in [6.45, 7) is 0. The summed E-state index contributed by atoms with van der Waals surface area (Å²) in [6, 6.07) is 66.2. The molecule has 0 N–H and O–H groups in total. The summed E-state index contributed by atoms with van der Waals surface area (Å²) in [5, 5.41) is 5.68. The van der Waals surface area contributed by atoms with Crippen molar-refractivity contribution in [2.75, 3.05) is 0 Å². The second kappa shape index (κ2) is 12.4. The molecule has 242 valence electrons. The molecular weight excluding hydrogens is 631 g/mol. The average Bonchev–Trinajstić information content (AvgIpc) is 3.23. The molecular formula is C49H31N3. The van der Waals surface area contributed by atoms with Crippen LogP contribution in [-0.2, 0) is 0 Å². The Morgan fingerprint density at radius 3 is 1.46 bits per heavy atom. The first-order valence-electron chi connectivity index (χ1n) is 17.6. The maximum absolute atomic E-state index is 5.24. The van der Waals surface area contributed by atoms with Crippen LogP contribution in [0, 0.1) is 0 Å². The SMILES string of the molecule is c1ccc(-c2cc(-c3ccccc3)c3c(ccc4ccc(-c5cccc(-c6ccc7ccc8ccc(-c9ccccc9)nc8c7n6)c5)cc43)n2)cc1. The normalized spacial score (nSPS) is 11.5. The Balaban J connectivity index is 1.11. The smallest absolute Gasteiger partial charge is 0.0972 e. The first kappa shape index (κ1) is 29.9. The highest BCUT2D eigenvalue weighted by molar-refractivity contribution is 6.14. The fourth-order valence-electron chi connectivity index (χ4n) is 7.39. The van der Waals surface area contributed by atoms with Crippen LogP contribution in [-0.4, -0.2) is 15.0 Å². The molecule has 0 aliphatic carbocycles. The largest absolute Gasteiger partial charge is 0.248 e. The fourth-order valence-corrected chi connectivity index (χ4v) is 7.39. The highest BCUT2D eigenvalue weighted by Crippen LogP contribution is 2.39. The van der Waals surface area contributed by atoms with E-state index in [1.165, 1.54) is 21.9 Å². The van der Waals surface area contributed by atoms with E-state index in [2.05, 4.69) is 164 Å². The first-order valence-corrected chi connectivity index (χ1v) is 17.6. The molecule has 0 aliphatic rings. The van der Waals surface area contributed by atoms with Gasteiger partial charge < -0.3 is 0 Å². The minimum absolute atomic E-state index is 0.908. The van der Waals surface area contributed by atoms with Gasteiger partial charge in [0.15, 0.2) is 0 Å². The molecule has 0 amide bonds. The molecule has 7 aromatic carbocycles. The van der Waals surface area contributed by atoms with Gasteiger partial charge in [-0.15, -0.1) is 0 Å². The number of nitrogens with zero attached hydrogens (tertiary/aromatic N) is 3. The number of rotatable bonds is 5. The minimum atomic E-state index is 0.908. The monoisotopic (exact) mass is 661 g/mol. The maximum atomic E-state index is 5.24. The van der Waals surface area contributed by atoms with E-state index in [9.17, 15) is 0 Å². The molecule has 3 heteroatoms. The van der Waals surface area contributed by atoms with E-state index in [-0.39, 0.29) is 0 Å². The number of hydrogen-bond acceptors (Lipinski definition) is 3. The Kier molecular flexibility index (Phi) is 7.14. The summed E-state index contributed by atoms with van der Waals surface area (Å²) < 4.78 is 0. The van der Waals surface area contributed by atoms with Crippen LogP contribution in [0.25, 0.3) is 99.5 Å². The molecule has 0 fully saturated rings. The van der Waals surface area contributed by atoms with Crippen molar-refractivity contribution in [1.82, 2.24) is 15.0 Å². The van der Waals surface area contributed by atoms with Gasteiger partial charge in [-0.1, -0.05) is 152 Å². The van der Waals surface area contributed by atoms with Gasteiger partial charge in [0.05, 0.1) is 33.6 Å². The van der Waals surface area contributed by atoms with Gasteiger partial charge in [-0.2, -0.15) is 0 Å². The van der Waals surface area contributed by atoms with Gasteiger partial charge in [0.1, 0.15) is 0 Å². The van der Waals surface area contributed by atoms with Gasteiger partial charge in [0.2, 0.25) is 0 Å². The zero-order valence-electron chi connectivity index (χ0n) is 28.2. The molecule has 3 nitrogen and oxygen atoms in total. The number of fused-ring (bicyclic) bond motifs is 6. The minimum Gasteiger partial charge on any atom is -0.248 e. The lowest BCUT2D eigenvalue weighted by atomic mass is 9.92. The van der Waals surface area contributed by atoms with Crippen LogP contribution in [0.15, 0.2) is 188 Å². The lowest BCUT2D eigenvalue weighted by Gasteiger charge is -2.14. The van der Waals surface area contributed by atoms with E-state index in [0.717, 1.165) is 77.6 Å². The van der Waals surface area contributed by atoms with Gasteiger partial charge >= 0.3 is 0 Å². The topological polar surface area (TPSA) is 38.7 Å². The number of benzene rings is 7. The molecule has 0 aliphatic heterocycles. The average molecular weight is 662 g/mol. The van der Waals surface area contributed by atoms with Crippen LogP contribution in [0.2, 0.25) is 0 Å². The molecule has 52 heavy (non-hydrogen) atoms. The second-order valence-corrected chi connectivity index (χ2v) is 13.2. The third kappa shape index (κ3) is 5.28. The van der Waals surface area contributed by atoms with Crippen molar-refractivity contribution in [1.29, 1.82) is 0 Å². The molecule has 10 aromatic rings. The van der Waals surface area contributed by atoms with Gasteiger partial charge in [0, 0.05) is 32.8 Å². The third-order valence-corrected chi connectivity index (χ3v) is 10.0. The predicted octanol–water partition coefficient (Wildman–Crippen LogP) is 12.8. The molecule has 0 unspecified atom stereocenters. The van der Waals surface area contributed by atoms with Crippen LogP contribution >= 0.6 is 0 Å². The lowest BCUT2D eigenvalue weighted by Crippen LogP contribution is -1.92. The molecule has 0 saturated carbocycles. The maximum Gasteiger partial charge on any atom is 0.0972 e. The van der Waals surface area contributed by atoms with E-state index in [4.69, 9.17) is 15.0 Å². The highest BCUT2D eigenvalue weighted by atomic mass is 14.8. The Morgan fingerprint density at radius 2 is 0.788 bits per heavy atom. The highest BCUT2D eigenvalue weighted by Gasteiger charge is 2.15. The Labute approximate surface area is 301 Å². The van der Waals surface area contributed by atoms with E-state index >= 15 is 0 Å². The van der Waals surface area contributed by atoms with Crippen molar-refractivity contribution in [2.45, 2.75) is 0 Å². The summed E-state index contributed by atoms with van der Waals surface area (Å²) in [5.74, 6) is 0. The van der Waals surface area contributed by atoms with Gasteiger partial charge in [-0.25, -0.2) is 15.0 Å². The number of hydrogen-bond donors (Lipinski definition) is 0. The van der Waals surface area contributed by atoms with Gasteiger partial charge in [0.25, 0.3) is 0 Å². The van der Waals surface area contributed by atoms with E-state index in [0.29, 0.717) is 0 Å². The van der Waals surface area contributed by atoms with Crippen molar-refractivity contribution >= 4 is 43.5 Å². The van der Waals surface area contributed by atoms with E-state index < -0.39 is 0 Å². The van der Waals surface area contributed by atoms with Crippen LogP contribution in [0.3, 0.4) is 0 Å². The molecule has 0 atom stereocenters. The van der Waals surface area contributed by atoms with Gasteiger partial charge in [-0.3, -0.25) is 0 Å². The zero-order chi connectivity index (χ0) is 34.4. The molecule has 0 radical (unpaired) electrons. The molecule has 0 bridgehead atoms. The molecule has 3 aromatic heterocycles. The van der Waals surface area contributed by atoms with Crippen molar-refractivity contribution < 1.29 is 0 Å². The zero-order valence-corrected chi connectivity index (χ0v) is 28.2. The first-order chi connectivity index (χ1) is 25.7. The summed E-state index contributed by atoms with van der Waals surface area (Å²) >= 11 is 0. The Morgan fingerprint density at radius 1 is 0.288 bits per heavy atom. The summed E-state index contributed by atoms with van der Waals surface area (Å²) in [6.07, 6.45) is 0. The number of pyridine rings is 3. The molecule has 10 rings (SSSR count).